The Labute approximate surface area is 120 Å². The van der Waals surface area contributed by atoms with Crippen molar-refractivity contribution in [2.24, 2.45) is 0 Å². The summed E-state index contributed by atoms with van der Waals surface area (Å²) in [4.78, 5) is 11.8. The van der Waals surface area contributed by atoms with Gasteiger partial charge >= 0.3 is 0 Å². The van der Waals surface area contributed by atoms with E-state index < -0.39 is 5.60 Å². The number of amides is 1. The predicted molar refractivity (Wildman–Crippen MR) is 77.7 cm³/mol. The molecule has 0 heterocycles. The minimum atomic E-state index is -0.769. The average Bonchev–Trinajstić information content (AvgIpc) is 2.85. The fraction of sp³-hybridized carbons (Fsp3) is 0.562. The van der Waals surface area contributed by atoms with Crippen molar-refractivity contribution in [2.45, 2.75) is 44.1 Å². The van der Waals surface area contributed by atoms with Crippen LogP contribution in [0.1, 0.15) is 37.7 Å². The van der Waals surface area contributed by atoms with E-state index in [1.807, 2.05) is 24.3 Å². The number of nitrogens with one attached hydrogen (secondary N) is 1. The highest BCUT2D eigenvalue weighted by Gasteiger charge is 2.33. The molecule has 0 spiro atoms. The van der Waals surface area contributed by atoms with Gasteiger partial charge in [0.05, 0.1) is 19.1 Å². The van der Waals surface area contributed by atoms with Gasteiger partial charge in [-0.3, -0.25) is 4.79 Å². The van der Waals surface area contributed by atoms with Crippen LogP contribution in [0.25, 0.3) is 0 Å². The Hall–Kier alpha value is -1.55. The SMILES string of the molecule is COc1ccccc1CCNC(=O)CC1(O)CCCC1. The number of carbonyl (C=O) groups is 1. The molecule has 4 heteroatoms. The standard InChI is InChI=1S/C16H23NO3/c1-20-14-7-3-2-6-13(14)8-11-17-15(18)12-16(19)9-4-5-10-16/h2-3,6-7,19H,4-5,8-12H2,1H3,(H,17,18). The van der Waals surface area contributed by atoms with Gasteiger partial charge in [0, 0.05) is 6.54 Å². The Kier molecular flexibility index (Phi) is 5.01. The topological polar surface area (TPSA) is 58.6 Å². The summed E-state index contributed by atoms with van der Waals surface area (Å²) < 4.78 is 5.27. The van der Waals surface area contributed by atoms with Gasteiger partial charge in [-0.2, -0.15) is 0 Å². The van der Waals surface area contributed by atoms with Crippen LogP contribution in [0.5, 0.6) is 5.75 Å². The minimum Gasteiger partial charge on any atom is -0.496 e. The molecule has 1 aliphatic rings. The molecule has 20 heavy (non-hydrogen) atoms. The number of hydrogen-bond acceptors (Lipinski definition) is 3. The van der Waals surface area contributed by atoms with E-state index >= 15 is 0 Å². The summed E-state index contributed by atoms with van der Waals surface area (Å²) in [5.41, 5.74) is 0.309. The summed E-state index contributed by atoms with van der Waals surface area (Å²) in [6, 6.07) is 7.80. The maximum atomic E-state index is 11.8. The summed E-state index contributed by atoms with van der Waals surface area (Å²) in [5, 5.41) is 13.1. The van der Waals surface area contributed by atoms with E-state index in [-0.39, 0.29) is 12.3 Å². The van der Waals surface area contributed by atoms with Crippen molar-refractivity contribution >= 4 is 5.91 Å². The number of para-hydroxylation sites is 1. The third-order valence-electron chi connectivity index (χ3n) is 3.93. The molecule has 0 aromatic heterocycles. The predicted octanol–water partition coefficient (Wildman–Crippen LogP) is 2.05. The van der Waals surface area contributed by atoms with Gasteiger partial charge < -0.3 is 15.2 Å². The number of aliphatic hydroxyl groups is 1. The molecule has 0 aliphatic heterocycles. The lowest BCUT2D eigenvalue weighted by atomic mass is 9.97. The first-order valence-corrected chi connectivity index (χ1v) is 7.24. The highest BCUT2D eigenvalue weighted by Crippen LogP contribution is 2.32. The van der Waals surface area contributed by atoms with E-state index in [4.69, 9.17) is 4.74 Å². The number of hydrogen-bond donors (Lipinski definition) is 2. The fourth-order valence-electron chi connectivity index (χ4n) is 2.82. The zero-order valence-corrected chi connectivity index (χ0v) is 12.0. The zero-order valence-electron chi connectivity index (χ0n) is 12.0. The molecule has 110 valence electrons. The molecule has 1 aromatic carbocycles. The van der Waals surface area contributed by atoms with E-state index in [1.165, 1.54) is 0 Å². The van der Waals surface area contributed by atoms with Crippen LogP contribution >= 0.6 is 0 Å². The lowest BCUT2D eigenvalue weighted by Crippen LogP contribution is -2.35. The highest BCUT2D eigenvalue weighted by atomic mass is 16.5. The fourth-order valence-corrected chi connectivity index (χ4v) is 2.82. The van der Waals surface area contributed by atoms with Gasteiger partial charge in [-0.05, 0) is 30.9 Å². The van der Waals surface area contributed by atoms with Crippen LogP contribution in [-0.2, 0) is 11.2 Å². The first-order valence-electron chi connectivity index (χ1n) is 7.24. The second kappa shape index (κ2) is 6.75. The lowest BCUT2D eigenvalue weighted by molar-refractivity contribution is -0.125. The largest absolute Gasteiger partial charge is 0.496 e. The third-order valence-corrected chi connectivity index (χ3v) is 3.93. The Morgan fingerprint density at radius 3 is 2.75 bits per heavy atom. The number of rotatable bonds is 6. The van der Waals surface area contributed by atoms with Crippen molar-refractivity contribution in [2.75, 3.05) is 13.7 Å². The van der Waals surface area contributed by atoms with E-state index in [2.05, 4.69) is 5.32 Å². The molecule has 1 aliphatic carbocycles. The first kappa shape index (κ1) is 14.9. The second-order valence-electron chi connectivity index (χ2n) is 5.52. The van der Waals surface area contributed by atoms with E-state index in [0.29, 0.717) is 6.54 Å². The molecular weight excluding hydrogens is 254 g/mol. The minimum absolute atomic E-state index is 0.0655. The van der Waals surface area contributed by atoms with E-state index in [1.54, 1.807) is 7.11 Å². The van der Waals surface area contributed by atoms with Crippen molar-refractivity contribution in [3.8, 4) is 5.75 Å². The molecule has 0 saturated heterocycles. The summed E-state index contributed by atoms with van der Waals surface area (Å²) in [6.07, 6.45) is 4.48. The Morgan fingerprint density at radius 2 is 2.05 bits per heavy atom. The van der Waals surface area contributed by atoms with Crippen molar-refractivity contribution in [3.63, 3.8) is 0 Å². The molecule has 0 bridgehead atoms. The van der Waals surface area contributed by atoms with Crippen molar-refractivity contribution in [3.05, 3.63) is 29.8 Å². The molecular formula is C16H23NO3. The number of methoxy groups -OCH3 is 1. The van der Waals surface area contributed by atoms with E-state index in [9.17, 15) is 9.90 Å². The van der Waals surface area contributed by atoms with Crippen LogP contribution in [0, 0.1) is 0 Å². The maximum Gasteiger partial charge on any atom is 0.222 e. The van der Waals surface area contributed by atoms with Crippen LogP contribution in [0.4, 0.5) is 0 Å². The van der Waals surface area contributed by atoms with Crippen LogP contribution in [-0.4, -0.2) is 30.3 Å². The average molecular weight is 277 g/mol. The smallest absolute Gasteiger partial charge is 0.222 e. The van der Waals surface area contributed by atoms with Crippen molar-refractivity contribution in [1.29, 1.82) is 0 Å². The molecule has 1 fully saturated rings. The Balaban J connectivity index is 1.76. The number of ether oxygens (including phenoxy) is 1. The molecule has 0 atom stereocenters. The van der Waals surface area contributed by atoms with Crippen LogP contribution < -0.4 is 10.1 Å². The molecule has 0 unspecified atom stereocenters. The Bertz CT molecular complexity index is 453. The molecule has 1 saturated carbocycles. The molecule has 1 amide bonds. The van der Waals surface area contributed by atoms with Crippen LogP contribution in [0.15, 0.2) is 24.3 Å². The van der Waals surface area contributed by atoms with E-state index in [0.717, 1.165) is 43.4 Å². The summed E-state index contributed by atoms with van der Waals surface area (Å²) in [7, 11) is 1.65. The lowest BCUT2D eigenvalue weighted by Gasteiger charge is -2.21. The maximum absolute atomic E-state index is 11.8. The van der Waals surface area contributed by atoms with Crippen LogP contribution in [0.2, 0.25) is 0 Å². The van der Waals surface area contributed by atoms with Crippen molar-refractivity contribution < 1.29 is 14.6 Å². The quantitative estimate of drug-likeness (QED) is 0.836. The van der Waals surface area contributed by atoms with Gasteiger partial charge in [-0.15, -0.1) is 0 Å². The Morgan fingerprint density at radius 1 is 1.35 bits per heavy atom. The first-order chi connectivity index (χ1) is 9.63. The van der Waals surface area contributed by atoms with Gasteiger partial charge in [0.25, 0.3) is 0 Å². The normalized spacial score (nSPS) is 16.9. The van der Waals surface area contributed by atoms with Gasteiger partial charge in [-0.25, -0.2) is 0 Å². The summed E-state index contributed by atoms with van der Waals surface area (Å²) >= 11 is 0. The summed E-state index contributed by atoms with van der Waals surface area (Å²) in [6.45, 7) is 0.565. The molecule has 4 nitrogen and oxygen atoms in total. The number of benzene rings is 1. The van der Waals surface area contributed by atoms with Gasteiger partial charge in [0.1, 0.15) is 5.75 Å². The molecule has 2 N–H and O–H groups in total. The van der Waals surface area contributed by atoms with Gasteiger partial charge in [-0.1, -0.05) is 31.0 Å². The van der Waals surface area contributed by atoms with Crippen molar-refractivity contribution in [1.82, 2.24) is 5.32 Å². The molecule has 2 rings (SSSR count). The second-order valence-corrected chi connectivity index (χ2v) is 5.52. The molecule has 0 radical (unpaired) electrons. The van der Waals surface area contributed by atoms with Crippen LogP contribution in [0.3, 0.4) is 0 Å². The highest BCUT2D eigenvalue weighted by molar-refractivity contribution is 5.77. The third kappa shape index (κ3) is 3.97. The number of carbonyl (C=O) groups excluding carboxylic acids is 1. The van der Waals surface area contributed by atoms with Gasteiger partial charge in [0.15, 0.2) is 0 Å². The monoisotopic (exact) mass is 277 g/mol. The summed E-state index contributed by atoms with van der Waals surface area (Å²) in [5.74, 6) is 0.778. The zero-order chi connectivity index (χ0) is 14.4. The van der Waals surface area contributed by atoms with Gasteiger partial charge in [0.2, 0.25) is 5.91 Å². The molecule has 1 aromatic rings.